The fourth-order valence-corrected chi connectivity index (χ4v) is 2.75. The summed E-state index contributed by atoms with van der Waals surface area (Å²) < 4.78 is 10.3. The number of halogens is 1. The monoisotopic (exact) mass is 379 g/mol. The van der Waals surface area contributed by atoms with Crippen molar-refractivity contribution in [2.45, 2.75) is 17.9 Å². The van der Waals surface area contributed by atoms with E-state index in [1.807, 2.05) is 12.1 Å². The van der Waals surface area contributed by atoms with Crippen molar-refractivity contribution in [2.24, 2.45) is 0 Å². The maximum Gasteiger partial charge on any atom is 0.317 e. The van der Waals surface area contributed by atoms with Gasteiger partial charge < -0.3 is 14.8 Å². The van der Waals surface area contributed by atoms with E-state index in [-0.39, 0.29) is 5.75 Å². The maximum absolute atomic E-state index is 12.2. The Kier molecular flexibility index (Phi) is 7.16. The van der Waals surface area contributed by atoms with Crippen LogP contribution in [0.4, 0.5) is 5.69 Å². The molecule has 0 aliphatic carbocycles. The number of esters is 1. The summed E-state index contributed by atoms with van der Waals surface area (Å²) in [5, 5.41) is 3.32. The minimum absolute atomic E-state index is 0.105. The summed E-state index contributed by atoms with van der Waals surface area (Å²) in [5.74, 6) is -0.252. The van der Waals surface area contributed by atoms with Gasteiger partial charge in [0.1, 0.15) is 5.75 Å². The zero-order valence-corrected chi connectivity index (χ0v) is 15.4. The Morgan fingerprint density at radius 2 is 1.84 bits per heavy atom. The van der Waals surface area contributed by atoms with E-state index >= 15 is 0 Å². The number of benzene rings is 2. The molecule has 2 rings (SSSR count). The largest absolute Gasteiger partial charge is 0.495 e. The third-order valence-corrected chi connectivity index (χ3v) is 4.45. The average molecular weight is 380 g/mol. The fourth-order valence-electron chi connectivity index (χ4n) is 1.94. The quantitative estimate of drug-likeness (QED) is 0.581. The molecule has 0 aliphatic heterocycles. The van der Waals surface area contributed by atoms with Crippen LogP contribution in [0.2, 0.25) is 5.02 Å². The standard InChI is InChI=1S/C18H18ClNO4S/c1-12(18(22)20-15-5-3-4-6-16(15)23-2)24-17(21)11-25-14-9-7-13(19)8-10-14/h3-10,12H,11H2,1-2H3,(H,20,22). The highest BCUT2D eigenvalue weighted by molar-refractivity contribution is 8.00. The van der Waals surface area contributed by atoms with Gasteiger partial charge in [0.2, 0.25) is 0 Å². The molecule has 5 nitrogen and oxygen atoms in total. The van der Waals surface area contributed by atoms with Crippen LogP contribution in [-0.2, 0) is 14.3 Å². The molecule has 0 radical (unpaired) electrons. The van der Waals surface area contributed by atoms with Crippen LogP contribution in [-0.4, -0.2) is 30.8 Å². The van der Waals surface area contributed by atoms with E-state index < -0.39 is 18.0 Å². The highest BCUT2D eigenvalue weighted by Crippen LogP contribution is 2.23. The molecule has 1 atom stereocenters. The Balaban J connectivity index is 1.83. The number of rotatable bonds is 7. The maximum atomic E-state index is 12.2. The molecule has 1 N–H and O–H groups in total. The van der Waals surface area contributed by atoms with Crippen molar-refractivity contribution in [3.63, 3.8) is 0 Å². The van der Waals surface area contributed by atoms with Crippen molar-refractivity contribution in [2.75, 3.05) is 18.2 Å². The van der Waals surface area contributed by atoms with Gasteiger partial charge in [0.05, 0.1) is 18.6 Å². The van der Waals surface area contributed by atoms with Crippen LogP contribution in [0.25, 0.3) is 0 Å². The van der Waals surface area contributed by atoms with Gasteiger partial charge in [-0.2, -0.15) is 0 Å². The zero-order valence-electron chi connectivity index (χ0n) is 13.8. The summed E-state index contributed by atoms with van der Waals surface area (Å²) in [6.07, 6.45) is -0.914. The van der Waals surface area contributed by atoms with Gasteiger partial charge in [0.15, 0.2) is 6.10 Å². The highest BCUT2D eigenvalue weighted by Gasteiger charge is 2.19. The van der Waals surface area contributed by atoms with Gasteiger partial charge in [-0.1, -0.05) is 23.7 Å². The molecule has 0 heterocycles. The van der Waals surface area contributed by atoms with Gasteiger partial charge in [0.25, 0.3) is 5.91 Å². The van der Waals surface area contributed by atoms with Crippen LogP contribution in [0.1, 0.15) is 6.92 Å². The number of hydrogen-bond donors (Lipinski definition) is 1. The van der Waals surface area contributed by atoms with E-state index in [9.17, 15) is 9.59 Å². The molecule has 0 aromatic heterocycles. The van der Waals surface area contributed by atoms with E-state index in [1.54, 1.807) is 36.4 Å². The molecule has 132 valence electrons. The Morgan fingerprint density at radius 3 is 2.52 bits per heavy atom. The number of carbonyl (C=O) groups is 2. The third kappa shape index (κ3) is 5.99. The molecule has 25 heavy (non-hydrogen) atoms. The predicted octanol–water partition coefficient (Wildman–Crippen LogP) is 4.01. The molecule has 0 fully saturated rings. The van der Waals surface area contributed by atoms with Crippen molar-refractivity contribution < 1.29 is 19.1 Å². The van der Waals surface area contributed by atoms with Gasteiger partial charge >= 0.3 is 5.97 Å². The average Bonchev–Trinajstić information content (AvgIpc) is 2.61. The molecule has 0 saturated heterocycles. The molecule has 2 aromatic carbocycles. The van der Waals surface area contributed by atoms with Crippen molar-refractivity contribution in [3.05, 3.63) is 53.6 Å². The Labute approximate surface area is 155 Å². The van der Waals surface area contributed by atoms with Crippen LogP contribution in [0, 0.1) is 0 Å². The van der Waals surface area contributed by atoms with E-state index in [2.05, 4.69) is 5.32 Å². The zero-order chi connectivity index (χ0) is 18.2. The minimum Gasteiger partial charge on any atom is -0.495 e. The van der Waals surface area contributed by atoms with Crippen LogP contribution in [0.15, 0.2) is 53.4 Å². The van der Waals surface area contributed by atoms with E-state index in [0.29, 0.717) is 16.5 Å². The minimum atomic E-state index is -0.914. The summed E-state index contributed by atoms with van der Waals surface area (Å²) in [6.45, 7) is 1.52. The second kappa shape index (κ2) is 9.34. The van der Waals surface area contributed by atoms with Gasteiger partial charge in [0, 0.05) is 9.92 Å². The van der Waals surface area contributed by atoms with Crippen molar-refractivity contribution >= 4 is 40.9 Å². The first kappa shape index (κ1) is 19.1. The Morgan fingerprint density at radius 1 is 1.16 bits per heavy atom. The van der Waals surface area contributed by atoms with Crippen molar-refractivity contribution in [1.29, 1.82) is 0 Å². The summed E-state index contributed by atoms with van der Waals surface area (Å²) in [7, 11) is 1.52. The van der Waals surface area contributed by atoms with Crippen molar-refractivity contribution in [3.8, 4) is 5.75 Å². The molecule has 2 aromatic rings. The molecule has 1 amide bonds. The molecule has 1 unspecified atom stereocenters. The molecule has 7 heteroatoms. The van der Waals surface area contributed by atoms with Crippen LogP contribution < -0.4 is 10.1 Å². The lowest BCUT2D eigenvalue weighted by Crippen LogP contribution is -2.30. The molecular weight excluding hydrogens is 362 g/mol. The van der Waals surface area contributed by atoms with Crippen molar-refractivity contribution in [1.82, 2.24) is 0 Å². The lowest BCUT2D eigenvalue weighted by molar-refractivity contribution is -0.150. The lowest BCUT2D eigenvalue weighted by Gasteiger charge is -2.15. The number of nitrogens with one attached hydrogen (secondary N) is 1. The summed E-state index contributed by atoms with van der Waals surface area (Å²) in [5.41, 5.74) is 0.522. The van der Waals surface area contributed by atoms with E-state index in [4.69, 9.17) is 21.1 Å². The molecule has 0 aliphatic rings. The van der Waals surface area contributed by atoms with E-state index in [1.165, 1.54) is 25.8 Å². The first-order valence-corrected chi connectivity index (χ1v) is 8.87. The van der Waals surface area contributed by atoms with Gasteiger partial charge in [-0.05, 0) is 43.3 Å². The summed E-state index contributed by atoms with van der Waals surface area (Å²) in [4.78, 5) is 25.0. The predicted molar refractivity (Wildman–Crippen MR) is 99.4 cm³/mol. The number of thioether (sulfide) groups is 1. The third-order valence-electron chi connectivity index (χ3n) is 3.21. The second-order valence-corrected chi connectivity index (χ2v) is 6.55. The first-order chi connectivity index (χ1) is 12.0. The molecule has 0 spiro atoms. The molecular formula is C18H18ClNO4S. The lowest BCUT2D eigenvalue weighted by atomic mass is 10.2. The number of amides is 1. The summed E-state index contributed by atoms with van der Waals surface area (Å²) in [6, 6.07) is 14.1. The number of para-hydroxylation sites is 2. The Bertz CT molecular complexity index is 736. The van der Waals surface area contributed by atoms with Gasteiger partial charge in [-0.25, -0.2) is 0 Å². The smallest absolute Gasteiger partial charge is 0.317 e. The summed E-state index contributed by atoms with van der Waals surface area (Å²) >= 11 is 7.13. The van der Waals surface area contributed by atoms with Gasteiger partial charge in [-0.3, -0.25) is 9.59 Å². The number of methoxy groups -OCH3 is 1. The molecule has 0 saturated carbocycles. The normalized spacial score (nSPS) is 11.5. The second-order valence-electron chi connectivity index (χ2n) is 5.06. The van der Waals surface area contributed by atoms with Crippen LogP contribution >= 0.6 is 23.4 Å². The highest BCUT2D eigenvalue weighted by atomic mass is 35.5. The Hall–Kier alpha value is -2.18. The number of carbonyl (C=O) groups excluding carboxylic acids is 2. The van der Waals surface area contributed by atoms with Gasteiger partial charge in [-0.15, -0.1) is 11.8 Å². The number of hydrogen-bond acceptors (Lipinski definition) is 5. The first-order valence-electron chi connectivity index (χ1n) is 7.51. The van der Waals surface area contributed by atoms with Crippen LogP contribution in [0.5, 0.6) is 5.75 Å². The van der Waals surface area contributed by atoms with E-state index in [0.717, 1.165) is 4.90 Å². The fraction of sp³-hybridized carbons (Fsp3) is 0.222. The topological polar surface area (TPSA) is 64.6 Å². The molecule has 0 bridgehead atoms. The SMILES string of the molecule is COc1ccccc1NC(=O)C(C)OC(=O)CSc1ccc(Cl)cc1. The number of ether oxygens (including phenoxy) is 2. The van der Waals surface area contributed by atoms with Crippen LogP contribution in [0.3, 0.4) is 0 Å². The number of anilines is 1.